The second-order valence-electron chi connectivity index (χ2n) is 3.75. The summed E-state index contributed by atoms with van der Waals surface area (Å²) >= 11 is 2.56. The third kappa shape index (κ3) is 3.58. The quantitative estimate of drug-likeness (QED) is 0.624. The number of thioether (sulfide) groups is 1. The Morgan fingerprint density at radius 3 is 2.67 bits per heavy atom. The molecule has 18 heavy (non-hydrogen) atoms. The van der Waals surface area contributed by atoms with Crippen molar-refractivity contribution < 1.29 is 9.53 Å². The first kappa shape index (κ1) is 13.1. The summed E-state index contributed by atoms with van der Waals surface area (Å²) in [4.78, 5) is 17.0. The Kier molecular flexibility index (Phi) is 4.38. The molecule has 2 aromatic rings. The van der Waals surface area contributed by atoms with E-state index in [9.17, 15) is 4.79 Å². The summed E-state index contributed by atoms with van der Waals surface area (Å²) in [6.45, 7) is 4.23. The Labute approximate surface area is 114 Å². The third-order valence-corrected chi connectivity index (χ3v) is 4.30. The molecular formula is C13H13NO2S2. The number of carbonyl (C=O) groups excluding carboxylic acids is 1. The van der Waals surface area contributed by atoms with E-state index in [0.29, 0.717) is 6.61 Å². The molecule has 0 saturated heterocycles. The molecule has 0 aliphatic heterocycles. The molecule has 0 unspecified atom stereocenters. The van der Waals surface area contributed by atoms with E-state index in [1.165, 1.54) is 11.3 Å². The fraction of sp³-hybridized carbons (Fsp3) is 0.231. The van der Waals surface area contributed by atoms with Gasteiger partial charge in [0.1, 0.15) is 6.61 Å². The molecule has 5 heteroatoms. The van der Waals surface area contributed by atoms with Crippen molar-refractivity contribution in [2.24, 2.45) is 0 Å². The average molecular weight is 279 g/mol. The van der Waals surface area contributed by atoms with Crippen LogP contribution < -0.4 is 0 Å². The van der Waals surface area contributed by atoms with E-state index in [4.69, 9.17) is 4.74 Å². The van der Waals surface area contributed by atoms with Gasteiger partial charge in [0, 0.05) is 16.6 Å². The van der Waals surface area contributed by atoms with Crippen LogP contribution in [0.3, 0.4) is 0 Å². The number of benzene rings is 1. The first-order valence-corrected chi connectivity index (χ1v) is 7.11. The van der Waals surface area contributed by atoms with Crippen LogP contribution in [0.5, 0.6) is 0 Å². The zero-order chi connectivity index (χ0) is 13.0. The first-order valence-electron chi connectivity index (χ1n) is 5.47. The Morgan fingerprint density at radius 1 is 1.33 bits per heavy atom. The fourth-order valence-corrected chi connectivity index (χ4v) is 3.13. The Bertz CT molecular complexity index is 518. The van der Waals surface area contributed by atoms with Gasteiger partial charge in [-0.15, -0.1) is 11.3 Å². The van der Waals surface area contributed by atoms with Crippen LogP contribution in [0.15, 0.2) is 34.7 Å². The molecule has 0 fully saturated rings. The van der Waals surface area contributed by atoms with Crippen molar-refractivity contribution in [3.05, 3.63) is 46.5 Å². The monoisotopic (exact) mass is 279 g/mol. The van der Waals surface area contributed by atoms with Crippen molar-refractivity contribution in [2.45, 2.75) is 24.8 Å². The van der Waals surface area contributed by atoms with Crippen molar-refractivity contribution in [3.8, 4) is 0 Å². The van der Waals surface area contributed by atoms with Crippen molar-refractivity contribution in [3.63, 3.8) is 0 Å². The predicted octanol–water partition coefficient (Wildman–Crippen LogP) is 4.19. The second-order valence-corrected chi connectivity index (χ2v) is 6.13. The van der Waals surface area contributed by atoms with Crippen LogP contribution in [0.1, 0.15) is 16.1 Å². The van der Waals surface area contributed by atoms with Crippen LogP contribution in [0.25, 0.3) is 0 Å². The molecule has 0 bridgehead atoms. The molecule has 94 valence electrons. The van der Waals surface area contributed by atoms with E-state index in [1.807, 2.05) is 44.2 Å². The Morgan fingerprint density at radius 2 is 2.06 bits per heavy atom. The van der Waals surface area contributed by atoms with Crippen LogP contribution in [-0.4, -0.2) is 10.3 Å². The van der Waals surface area contributed by atoms with Crippen molar-refractivity contribution in [1.82, 2.24) is 4.98 Å². The third-order valence-electron chi connectivity index (χ3n) is 2.38. The molecular weight excluding hydrogens is 266 g/mol. The molecule has 0 amide bonds. The smallest absolute Gasteiger partial charge is 0.374 e. The molecule has 0 aliphatic carbocycles. The maximum Gasteiger partial charge on any atom is 0.374 e. The number of aryl methyl sites for hydroxylation is 2. The number of hydrogen-bond acceptors (Lipinski definition) is 5. The zero-order valence-electron chi connectivity index (χ0n) is 10.2. The highest BCUT2D eigenvalue weighted by Gasteiger charge is 2.11. The van der Waals surface area contributed by atoms with Gasteiger partial charge in [0.2, 0.25) is 0 Å². The van der Waals surface area contributed by atoms with Gasteiger partial charge < -0.3 is 4.74 Å². The average Bonchev–Trinajstić information content (AvgIpc) is 2.67. The summed E-state index contributed by atoms with van der Waals surface area (Å²) < 4.78 is 5.91. The summed E-state index contributed by atoms with van der Waals surface area (Å²) in [6, 6.07) is 9.63. The molecule has 0 N–H and O–H groups in total. The van der Waals surface area contributed by atoms with E-state index in [-0.39, 0.29) is 5.30 Å². The molecule has 1 aromatic carbocycles. The van der Waals surface area contributed by atoms with Crippen molar-refractivity contribution in [2.75, 3.05) is 0 Å². The largest absolute Gasteiger partial charge is 0.452 e. The normalized spacial score (nSPS) is 10.3. The molecule has 1 aromatic heterocycles. The minimum atomic E-state index is -0.312. The fourth-order valence-electron chi connectivity index (χ4n) is 1.30. The zero-order valence-corrected chi connectivity index (χ0v) is 11.8. The summed E-state index contributed by atoms with van der Waals surface area (Å²) in [7, 11) is 0. The SMILES string of the molecule is Cc1nc(SC(=O)OCc2ccccc2)sc1C. The van der Waals surface area contributed by atoms with E-state index < -0.39 is 0 Å². The molecule has 0 saturated carbocycles. The van der Waals surface area contributed by atoms with E-state index >= 15 is 0 Å². The molecule has 0 radical (unpaired) electrons. The van der Waals surface area contributed by atoms with Crippen LogP contribution in [0, 0.1) is 13.8 Å². The number of carbonyl (C=O) groups is 1. The van der Waals surface area contributed by atoms with Crippen molar-refractivity contribution >= 4 is 28.4 Å². The lowest BCUT2D eigenvalue weighted by atomic mass is 10.2. The van der Waals surface area contributed by atoms with Crippen LogP contribution >= 0.6 is 23.1 Å². The van der Waals surface area contributed by atoms with E-state index in [2.05, 4.69) is 4.98 Å². The van der Waals surface area contributed by atoms with Gasteiger partial charge in [0.25, 0.3) is 0 Å². The lowest BCUT2D eigenvalue weighted by Crippen LogP contribution is -1.97. The van der Waals surface area contributed by atoms with E-state index in [1.54, 1.807) is 0 Å². The Balaban J connectivity index is 1.86. The maximum absolute atomic E-state index is 11.6. The Hall–Kier alpha value is -1.33. The van der Waals surface area contributed by atoms with Crippen LogP contribution in [0.2, 0.25) is 0 Å². The molecule has 0 aliphatic rings. The van der Waals surface area contributed by atoms with E-state index in [0.717, 1.165) is 32.2 Å². The van der Waals surface area contributed by atoms with Crippen LogP contribution in [0.4, 0.5) is 4.79 Å². The highest BCUT2D eigenvalue weighted by Crippen LogP contribution is 2.27. The lowest BCUT2D eigenvalue weighted by molar-refractivity contribution is 0.168. The molecule has 0 atom stereocenters. The summed E-state index contributed by atoms with van der Waals surface area (Å²) in [6.07, 6.45) is 0. The number of aromatic nitrogens is 1. The minimum Gasteiger partial charge on any atom is -0.452 e. The summed E-state index contributed by atoms with van der Waals surface area (Å²) in [5.74, 6) is 0. The van der Waals surface area contributed by atoms with Gasteiger partial charge in [0.05, 0.1) is 5.69 Å². The molecule has 0 spiro atoms. The van der Waals surface area contributed by atoms with Gasteiger partial charge in [-0.1, -0.05) is 30.3 Å². The van der Waals surface area contributed by atoms with Gasteiger partial charge in [0.15, 0.2) is 4.34 Å². The molecule has 2 rings (SSSR count). The summed E-state index contributed by atoms with van der Waals surface area (Å²) in [5, 5.41) is -0.312. The van der Waals surface area contributed by atoms with Gasteiger partial charge in [-0.2, -0.15) is 0 Å². The standard InChI is InChI=1S/C13H13NO2S2/c1-9-10(2)17-12(14-9)18-13(15)16-8-11-6-4-3-5-7-11/h3-7H,8H2,1-2H3. The van der Waals surface area contributed by atoms with Gasteiger partial charge >= 0.3 is 5.30 Å². The van der Waals surface area contributed by atoms with Gasteiger partial charge in [-0.3, -0.25) is 0 Å². The highest BCUT2D eigenvalue weighted by molar-refractivity contribution is 8.14. The second kappa shape index (κ2) is 6.02. The molecule has 3 nitrogen and oxygen atoms in total. The number of nitrogens with zero attached hydrogens (tertiary/aromatic N) is 1. The summed E-state index contributed by atoms with van der Waals surface area (Å²) in [5.41, 5.74) is 1.95. The molecule has 1 heterocycles. The number of ether oxygens (including phenoxy) is 1. The van der Waals surface area contributed by atoms with Gasteiger partial charge in [-0.25, -0.2) is 9.78 Å². The highest BCUT2D eigenvalue weighted by atomic mass is 32.2. The van der Waals surface area contributed by atoms with Gasteiger partial charge in [-0.05, 0) is 19.4 Å². The van der Waals surface area contributed by atoms with Crippen molar-refractivity contribution in [1.29, 1.82) is 0 Å². The van der Waals surface area contributed by atoms with Crippen LogP contribution in [-0.2, 0) is 11.3 Å². The minimum absolute atomic E-state index is 0.302. The maximum atomic E-state index is 11.6. The topological polar surface area (TPSA) is 39.2 Å². The predicted molar refractivity (Wildman–Crippen MR) is 74.1 cm³/mol. The number of hydrogen-bond donors (Lipinski definition) is 0. The lowest BCUT2D eigenvalue weighted by Gasteiger charge is -2.02. The number of thiazole rings is 1. The first-order chi connectivity index (χ1) is 8.65. The number of rotatable bonds is 3.